The molecule has 1 aromatic rings. The summed E-state index contributed by atoms with van der Waals surface area (Å²) in [5.74, 6) is 0.450. The number of hydrogen-bond donors (Lipinski definition) is 1. The van der Waals surface area contributed by atoms with Crippen molar-refractivity contribution in [1.82, 2.24) is 5.32 Å². The molecule has 0 saturated heterocycles. The molecule has 0 spiro atoms. The van der Waals surface area contributed by atoms with Crippen LogP contribution in [0.1, 0.15) is 29.8 Å². The molecule has 14 heavy (non-hydrogen) atoms. The Bertz CT molecular complexity index is 318. The predicted octanol–water partition coefficient (Wildman–Crippen LogP) is 2.25. The van der Waals surface area contributed by atoms with Crippen LogP contribution >= 0.6 is 0 Å². The van der Waals surface area contributed by atoms with E-state index in [-0.39, 0.29) is 5.91 Å². The van der Waals surface area contributed by atoms with E-state index < -0.39 is 0 Å². The molecule has 2 heteroatoms. The number of hydrogen-bond acceptors (Lipinski definition) is 1. The normalized spacial score (nSPS) is 10.3. The third kappa shape index (κ3) is 3.21. The summed E-state index contributed by atoms with van der Waals surface area (Å²) in [7, 11) is 0. The van der Waals surface area contributed by atoms with Gasteiger partial charge in [0, 0.05) is 12.1 Å². The Morgan fingerprint density at radius 1 is 1.50 bits per heavy atom. The van der Waals surface area contributed by atoms with Crippen LogP contribution in [0.25, 0.3) is 0 Å². The maximum atomic E-state index is 11.6. The van der Waals surface area contributed by atoms with Gasteiger partial charge in [0.1, 0.15) is 0 Å². The van der Waals surface area contributed by atoms with Crippen LogP contribution in [-0.2, 0) is 0 Å². The minimum Gasteiger partial charge on any atom is -0.352 e. The first-order valence-corrected chi connectivity index (χ1v) is 4.80. The van der Waals surface area contributed by atoms with Crippen LogP contribution in [0, 0.1) is 12.8 Å². The summed E-state index contributed by atoms with van der Waals surface area (Å²) in [4.78, 5) is 11.6. The number of amides is 1. The summed E-state index contributed by atoms with van der Waals surface area (Å²) in [6.45, 7) is 8.62. The maximum absolute atomic E-state index is 11.6. The summed E-state index contributed by atoms with van der Waals surface area (Å²) in [5, 5.41) is 2.86. The molecular formula is C12H16NO. The fourth-order valence-corrected chi connectivity index (χ4v) is 1.11. The molecule has 0 bridgehead atoms. The molecule has 0 heterocycles. The molecule has 2 nitrogen and oxygen atoms in total. The summed E-state index contributed by atoms with van der Waals surface area (Å²) >= 11 is 0. The van der Waals surface area contributed by atoms with Crippen LogP contribution < -0.4 is 5.32 Å². The predicted molar refractivity (Wildman–Crippen MR) is 58.1 cm³/mol. The smallest absolute Gasteiger partial charge is 0.251 e. The molecule has 1 amide bonds. The molecule has 0 aliphatic rings. The highest BCUT2D eigenvalue weighted by atomic mass is 16.1. The fourth-order valence-electron chi connectivity index (χ4n) is 1.11. The number of carbonyl (C=O) groups excluding carboxylic acids is 1. The number of nitrogens with one attached hydrogen (secondary N) is 1. The highest BCUT2D eigenvalue weighted by molar-refractivity contribution is 5.94. The highest BCUT2D eigenvalue weighted by Gasteiger charge is 2.04. The van der Waals surface area contributed by atoms with Gasteiger partial charge in [-0.3, -0.25) is 4.79 Å². The van der Waals surface area contributed by atoms with Crippen molar-refractivity contribution in [1.29, 1.82) is 0 Å². The first kappa shape index (κ1) is 10.8. The largest absolute Gasteiger partial charge is 0.352 e. The summed E-state index contributed by atoms with van der Waals surface area (Å²) in [6.07, 6.45) is 0. The molecule has 0 saturated carbocycles. The summed E-state index contributed by atoms with van der Waals surface area (Å²) in [5.41, 5.74) is 1.54. The van der Waals surface area contributed by atoms with E-state index in [0.29, 0.717) is 18.0 Å². The second-order valence-electron chi connectivity index (χ2n) is 3.80. The Morgan fingerprint density at radius 3 is 2.79 bits per heavy atom. The molecule has 0 aromatic heterocycles. The molecular weight excluding hydrogens is 174 g/mol. The molecule has 1 aromatic carbocycles. The van der Waals surface area contributed by atoms with Crippen molar-refractivity contribution < 1.29 is 4.79 Å². The van der Waals surface area contributed by atoms with Crippen molar-refractivity contribution in [3.63, 3.8) is 0 Å². The van der Waals surface area contributed by atoms with E-state index in [1.807, 2.05) is 12.1 Å². The zero-order chi connectivity index (χ0) is 10.6. The van der Waals surface area contributed by atoms with Crippen LogP contribution in [0.5, 0.6) is 0 Å². The summed E-state index contributed by atoms with van der Waals surface area (Å²) < 4.78 is 0. The van der Waals surface area contributed by atoms with E-state index in [1.54, 1.807) is 12.1 Å². The lowest BCUT2D eigenvalue weighted by atomic mass is 10.1. The van der Waals surface area contributed by atoms with Crippen LogP contribution in [0.15, 0.2) is 24.3 Å². The van der Waals surface area contributed by atoms with E-state index in [1.165, 1.54) is 0 Å². The van der Waals surface area contributed by atoms with Crippen molar-refractivity contribution in [3.8, 4) is 0 Å². The molecule has 0 aliphatic carbocycles. The van der Waals surface area contributed by atoms with Crippen molar-refractivity contribution in [3.05, 3.63) is 42.3 Å². The standard InChI is InChI=1S/C12H16NO/c1-9(2)8-13-12(14)11-6-4-5-10(3)7-11/h4-7,9H,3,8H2,1-2H3,(H,13,14). The SMILES string of the molecule is [CH2]c1cccc(C(=O)NCC(C)C)c1. The van der Waals surface area contributed by atoms with E-state index in [9.17, 15) is 4.79 Å². The van der Waals surface area contributed by atoms with Crippen LogP contribution in [0.4, 0.5) is 0 Å². The molecule has 75 valence electrons. The van der Waals surface area contributed by atoms with Crippen LogP contribution in [0.3, 0.4) is 0 Å². The van der Waals surface area contributed by atoms with Gasteiger partial charge in [0.25, 0.3) is 5.91 Å². The Labute approximate surface area is 85.3 Å². The average molecular weight is 190 g/mol. The number of rotatable bonds is 3. The zero-order valence-electron chi connectivity index (χ0n) is 8.71. The maximum Gasteiger partial charge on any atom is 0.251 e. The van der Waals surface area contributed by atoms with Gasteiger partial charge < -0.3 is 5.32 Å². The quantitative estimate of drug-likeness (QED) is 0.778. The van der Waals surface area contributed by atoms with E-state index in [4.69, 9.17) is 0 Å². The fraction of sp³-hybridized carbons (Fsp3) is 0.333. The van der Waals surface area contributed by atoms with E-state index in [0.717, 1.165) is 5.56 Å². The zero-order valence-corrected chi connectivity index (χ0v) is 8.71. The monoisotopic (exact) mass is 190 g/mol. The van der Waals surface area contributed by atoms with Gasteiger partial charge in [0.15, 0.2) is 0 Å². The Kier molecular flexibility index (Phi) is 3.69. The number of carbonyl (C=O) groups is 1. The third-order valence-corrected chi connectivity index (χ3v) is 1.86. The van der Waals surface area contributed by atoms with Gasteiger partial charge in [-0.2, -0.15) is 0 Å². The van der Waals surface area contributed by atoms with Crippen molar-refractivity contribution >= 4 is 5.91 Å². The van der Waals surface area contributed by atoms with E-state index >= 15 is 0 Å². The Balaban J connectivity index is 2.61. The van der Waals surface area contributed by atoms with Gasteiger partial charge >= 0.3 is 0 Å². The van der Waals surface area contributed by atoms with Gasteiger partial charge in [-0.05, 0) is 30.5 Å². The first-order valence-electron chi connectivity index (χ1n) is 4.80. The minimum atomic E-state index is -0.0239. The first-order chi connectivity index (χ1) is 6.59. The molecule has 0 aliphatic heterocycles. The molecule has 1 radical (unpaired) electrons. The Morgan fingerprint density at radius 2 is 2.21 bits per heavy atom. The van der Waals surface area contributed by atoms with Crippen molar-refractivity contribution in [2.45, 2.75) is 13.8 Å². The molecule has 1 N–H and O–H groups in total. The second-order valence-corrected chi connectivity index (χ2v) is 3.80. The Hall–Kier alpha value is -1.31. The topological polar surface area (TPSA) is 29.1 Å². The van der Waals surface area contributed by atoms with Crippen LogP contribution in [-0.4, -0.2) is 12.5 Å². The van der Waals surface area contributed by atoms with Crippen LogP contribution in [0.2, 0.25) is 0 Å². The van der Waals surface area contributed by atoms with Gasteiger partial charge in [-0.25, -0.2) is 0 Å². The summed E-state index contributed by atoms with van der Waals surface area (Å²) in [6, 6.07) is 7.30. The van der Waals surface area contributed by atoms with Gasteiger partial charge in [0.05, 0.1) is 0 Å². The number of benzene rings is 1. The highest BCUT2D eigenvalue weighted by Crippen LogP contribution is 2.03. The van der Waals surface area contributed by atoms with Gasteiger partial charge in [0.2, 0.25) is 0 Å². The second kappa shape index (κ2) is 4.80. The van der Waals surface area contributed by atoms with Gasteiger partial charge in [-0.15, -0.1) is 0 Å². The molecule has 0 atom stereocenters. The van der Waals surface area contributed by atoms with Crippen molar-refractivity contribution in [2.75, 3.05) is 6.54 Å². The minimum absolute atomic E-state index is 0.0239. The lowest BCUT2D eigenvalue weighted by molar-refractivity contribution is 0.0949. The van der Waals surface area contributed by atoms with Crippen molar-refractivity contribution in [2.24, 2.45) is 5.92 Å². The third-order valence-electron chi connectivity index (χ3n) is 1.86. The van der Waals surface area contributed by atoms with Gasteiger partial charge in [-0.1, -0.05) is 26.0 Å². The molecule has 0 unspecified atom stereocenters. The van der Waals surface area contributed by atoms with E-state index in [2.05, 4.69) is 26.1 Å². The lowest BCUT2D eigenvalue weighted by Crippen LogP contribution is -2.27. The molecule has 0 fully saturated rings. The average Bonchev–Trinajstić information content (AvgIpc) is 2.14. The lowest BCUT2D eigenvalue weighted by Gasteiger charge is -2.07. The molecule has 1 rings (SSSR count).